The monoisotopic (exact) mass is 363 g/mol. The Labute approximate surface area is 161 Å². The first-order valence-electron chi connectivity index (χ1n) is 10.1. The summed E-state index contributed by atoms with van der Waals surface area (Å²) in [5.74, 6) is 0.934. The van der Waals surface area contributed by atoms with E-state index in [9.17, 15) is 0 Å². The lowest BCUT2D eigenvalue weighted by Gasteiger charge is -2.13. The molecular weight excluding hydrogens is 334 g/mol. The maximum atomic E-state index is 4.81. The van der Waals surface area contributed by atoms with Crippen LogP contribution < -0.4 is 10.6 Å². The molecule has 0 aromatic carbocycles. The van der Waals surface area contributed by atoms with E-state index in [0.29, 0.717) is 11.5 Å². The fourth-order valence-electron chi connectivity index (χ4n) is 3.67. The van der Waals surface area contributed by atoms with E-state index in [-0.39, 0.29) is 0 Å². The Balaban J connectivity index is 0.000000872. The van der Waals surface area contributed by atoms with Crippen LogP contribution in [-0.4, -0.2) is 33.5 Å². The van der Waals surface area contributed by atoms with E-state index >= 15 is 0 Å². The van der Waals surface area contributed by atoms with Gasteiger partial charge in [-0.1, -0.05) is 26.8 Å². The molecule has 3 aromatic rings. The topological polar surface area (TPSA) is 54.2 Å². The molecule has 142 valence electrons. The molecule has 1 saturated carbocycles. The predicted molar refractivity (Wildman–Crippen MR) is 111 cm³/mol. The van der Waals surface area contributed by atoms with Gasteiger partial charge < -0.3 is 10.6 Å². The number of fused-ring (bicyclic) bond motifs is 1. The van der Waals surface area contributed by atoms with Gasteiger partial charge in [-0.15, -0.1) is 0 Å². The van der Waals surface area contributed by atoms with Gasteiger partial charge in [0.1, 0.15) is 11.5 Å². The van der Waals surface area contributed by atoms with Crippen molar-refractivity contribution in [2.75, 3.05) is 18.4 Å². The third-order valence-corrected chi connectivity index (χ3v) is 5.63. The van der Waals surface area contributed by atoms with Crippen molar-refractivity contribution in [1.82, 2.24) is 19.7 Å². The molecule has 3 aromatic heterocycles. The first kappa shape index (κ1) is 18.0. The fourth-order valence-corrected chi connectivity index (χ4v) is 3.67. The summed E-state index contributed by atoms with van der Waals surface area (Å²) in [5, 5.41) is 6.90. The summed E-state index contributed by atoms with van der Waals surface area (Å²) in [6.07, 6.45) is 7.77. The molecule has 4 heterocycles. The molecule has 2 aliphatic rings. The zero-order valence-corrected chi connectivity index (χ0v) is 16.5. The number of nitrogens with zero attached hydrogens (tertiary/aromatic N) is 3. The van der Waals surface area contributed by atoms with Crippen molar-refractivity contribution in [2.45, 2.75) is 51.5 Å². The lowest BCUT2D eigenvalue weighted by molar-refractivity contribution is 0.785. The van der Waals surface area contributed by atoms with Gasteiger partial charge in [-0.25, -0.2) is 9.97 Å². The second kappa shape index (κ2) is 7.31. The van der Waals surface area contributed by atoms with Gasteiger partial charge in [0.15, 0.2) is 0 Å². The van der Waals surface area contributed by atoms with Gasteiger partial charge in [0, 0.05) is 18.8 Å². The minimum absolute atomic E-state index is 0.366. The van der Waals surface area contributed by atoms with Crippen molar-refractivity contribution in [3.63, 3.8) is 0 Å². The molecule has 27 heavy (non-hydrogen) atoms. The largest absolute Gasteiger partial charge is 0.366 e. The summed E-state index contributed by atoms with van der Waals surface area (Å²) in [4.78, 5) is 9.44. The summed E-state index contributed by atoms with van der Waals surface area (Å²) in [6.45, 7) is 8.41. The van der Waals surface area contributed by atoms with Crippen molar-refractivity contribution < 1.29 is 0 Å². The second-order valence-electron chi connectivity index (χ2n) is 7.59. The molecule has 1 saturated heterocycles. The Morgan fingerprint density at radius 1 is 1.22 bits per heavy atom. The first-order chi connectivity index (χ1) is 13.2. The zero-order valence-electron chi connectivity index (χ0n) is 16.5. The molecular formula is C22H29N5. The SMILES string of the molecule is CC.CC1(c2ccn3c(-c4cccc(NC5CCNC5)n4)cnc3c2)CC1. The molecule has 1 aliphatic heterocycles. The molecule has 1 aliphatic carbocycles. The number of nitrogens with one attached hydrogen (secondary N) is 2. The van der Waals surface area contributed by atoms with E-state index in [2.05, 4.69) is 57.4 Å². The Hall–Kier alpha value is -2.40. The van der Waals surface area contributed by atoms with Gasteiger partial charge in [0.25, 0.3) is 0 Å². The molecule has 0 amide bonds. The van der Waals surface area contributed by atoms with E-state index in [4.69, 9.17) is 4.98 Å². The molecule has 5 rings (SSSR count). The number of imidazole rings is 1. The van der Waals surface area contributed by atoms with Crippen molar-refractivity contribution in [2.24, 2.45) is 0 Å². The molecule has 1 unspecified atom stereocenters. The Bertz CT molecular complexity index is 919. The number of aromatic nitrogens is 3. The number of hydrogen-bond acceptors (Lipinski definition) is 4. The molecule has 5 nitrogen and oxygen atoms in total. The van der Waals surface area contributed by atoms with Crippen LogP contribution in [0.2, 0.25) is 0 Å². The lowest BCUT2D eigenvalue weighted by Crippen LogP contribution is -2.22. The van der Waals surface area contributed by atoms with Crippen molar-refractivity contribution in [3.05, 3.63) is 48.3 Å². The predicted octanol–water partition coefficient (Wildman–Crippen LogP) is 4.25. The van der Waals surface area contributed by atoms with Gasteiger partial charge in [0.2, 0.25) is 0 Å². The Morgan fingerprint density at radius 2 is 2.07 bits per heavy atom. The average molecular weight is 364 g/mol. The van der Waals surface area contributed by atoms with Crippen molar-refractivity contribution in [1.29, 1.82) is 0 Å². The van der Waals surface area contributed by atoms with Gasteiger partial charge in [-0.2, -0.15) is 0 Å². The molecule has 2 fully saturated rings. The second-order valence-corrected chi connectivity index (χ2v) is 7.59. The minimum atomic E-state index is 0.366. The van der Waals surface area contributed by atoms with Crippen LogP contribution in [0.3, 0.4) is 0 Å². The van der Waals surface area contributed by atoms with Crippen LogP contribution in [0.5, 0.6) is 0 Å². The number of pyridine rings is 2. The highest BCUT2D eigenvalue weighted by Gasteiger charge is 2.39. The summed E-state index contributed by atoms with van der Waals surface area (Å²) in [7, 11) is 0. The van der Waals surface area contributed by atoms with E-state index in [1.54, 1.807) is 0 Å². The van der Waals surface area contributed by atoms with Crippen LogP contribution in [0.25, 0.3) is 17.0 Å². The van der Waals surface area contributed by atoms with Crippen LogP contribution in [0.15, 0.2) is 42.7 Å². The van der Waals surface area contributed by atoms with Crippen LogP contribution in [-0.2, 0) is 5.41 Å². The maximum Gasteiger partial charge on any atom is 0.137 e. The molecule has 2 N–H and O–H groups in total. The first-order valence-corrected chi connectivity index (χ1v) is 10.1. The van der Waals surface area contributed by atoms with Crippen LogP contribution in [0.4, 0.5) is 5.82 Å². The fraction of sp³-hybridized carbons (Fsp3) is 0.455. The highest BCUT2D eigenvalue weighted by atomic mass is 15.1. The van der Waals surface area contributed by atoms with E-state index in [1.165, 1.54) is 18.4 Å². The molecule has 0 spiro atoms. The maximum absolute atomic E-state index is 4.81. The smallest absolute Gasteiger partial charge is 0.137 e. The molecule has 0 bridgehead atoms. The van der Waals surface area contributed by atoms with Crippen molar-refractivity contribution >= 4 is 11.5 Å². The number of rotatable bonds is 4. The van der Waals surface area contributed by atoms with E-state index in [0.717, 1.165) is 42.4 Å². The van der Waals surface area contributed by atoms with Gasteiger partial charge in [0.05, 0.1) is 17.6 Å². The molecule has 5 heteroatoms. The average Bonchev–Trinajstić information content (AvgIpc) is 3.11. The van der Waals surface area contributed by atoms with Crippen LogP contribution in [0.1, 0.15) is 45.6 Å². The van der Waals surface area contributed by atoms with E-state index in [1.807, 2.05) is 26.1 Å². The van der Waals surface area contributed by atoms with E-state index < -0.39 is 0 Å². The summed E-state index contributed by atoms with van der Waals surface area (Å²) < 4.78 is 2.14. The molecule has 1 atom stereocenters. The van der Waals surface area contributed by atoms with Gasteiger partial charge in [-0.3, -0.25) is 4.40 Å². The number of hydrogen-bond donors (Lipinski definition) is 2. The zero-order chi connectivity index (χ0) is 18.9. The summed E-state index contributed by atoms with van der Waals surface area (Å²) in [6, 6.07) is 11.1. The van der Waals surface area contributed by atoms with Crippen LogP contribution >= 0.6 is 0 Å². The highest BCUT2D eigenvalue weighted by molar-refractivity contribution is 5.62. The highest BCUT2D eigenvalue weighted by Crippen LogP contribution is 2.47. The standard InChI is InChI=1S/C20H23N5.C2H6/c1-20(7-8-20)14-6-10-25-17(13-22-19(25)11-14)16-3-2-4-18(24-16)23-15-5-9-21-12-15;1-2/h2-4,6,10-11,13,15,21H,5,7-9,12H2,1H3,(H,23,24);1-2H3. The third kappa shape index (κ3) is 3.56. The Morgan fingerprint density at radius 3 is 2.81 bits per heavy atom. The van der Waals surface area contributed by atoms with Crippen molar-refractivity contribution in [3.8, 4) is 11.4 Å². The quantitative estimate of drug-likeness (QED) is 0.728. The van der Waals surface area contributed by atoms with Gasteiger partial charge in [-0.05, 0) is 61.1 Å². The summed E-state index contributed by atoms with van der Waals surface area (Å²) >= 11 is 0. The Kier molecular flexibility index (Phi) is 4.87. The minimum Gasteiger partial charge on any atom is -0.366 e. The van der Waals surface area contributed by atoms with Crippen LogP contribution in [0, 0.1) is 0 Å². The van der Waals surface area contributed by atoms with Gasteiger partial charge >= 0.3 is 0 Å². The lowest BCUT2D eigenvalue weighted by atomic mass is 10.00. The summed E-state index contributed by atoms with van der Waals surface area (Å²) in [5.41, 5.74) is 4.75. The molecule has 0 radical (unpaired) electrons. The normalized spacial score (nSPS) is 20.2. The number of anilines is 1. The third-order valence-electron chi connectivity index (χ3n) is 5.63.